The minimum Gasteiger partial charge on any atom is -0.305 e. The zero-order valence-electron chi connectivity index (χ0n) is 7.20. The lowest BCUT2D eigenvalue weighted by Gasteiger charge is -2.35. The van der Waals surface area contributed by atoms with Gasteiger partial charge in [-0.05, 0) is 25.3 Å². The van der Waals surface area contributed by atoms with Crippen LogP contribution >= 0.6 is 0 Å². The van der Waals surface area contributed by atoms with Crippen LogP contribution in [0.4, 0.5) is 0 Å². The molecule has 1 aliphatic rings. The fraction of sp³-hybridized carbons (Fsp3) is 1.00. The van der Waals surface area contributed by atoms with Crippen molar-refractivity contribution in [2.45, 2.75) is 32.9 Å². The molecule has 0 aromatic heterocycles. The number of nitrogens with one attached hydrogen (secondary N) is 2. The molecule has 0 spiro atoms. The minimum atomic E-state index is 0.507. The second kappa shape index (κ2) is 2.89. The van der Waals surface area contributed by atoms with Gasteiger partial charge in [-0.2, -0.15) is 0 Å². The Morgan fingerprint density at radius 3 is 2.60 bits per heavy atom. The lowest BCUT2D eigenvalue weighted by Crippen LogP contribution is -2.49. The van der Waals surface area contributed by atoms with Crippen molar-refractivity contribution < 1.29 is 0 Å². The molecule has 1 rings (SSSR count). The van der Waals surface area contributed by atoms with Crippen molar-refractivity contribution in [2.75, 3.05) is 13.6 Å². The van der Waals surface area contributed by atoms with Gasteiger partial charge in [0, 0.05) is 6.54 Å². The van der Waals surface area contributed by atoms with E-state index in [0.717, 1.165) is 6.54 Å². The molecule has 0 bridgehead atoms. The molecule has 1 fully saturated rings. The van der Waals surface area contributed by atoms with Crippen molar-refractivity contribution in [2.24, 2.45) is 5.41 Å². The van der Waals surface area contributed by atoms with Gasteiger partial charge >= 0.3 is 0 Å². The van der Waals surface area contributed by atoms with E-state index in [1.807, 2.05) is 7.05 Å². The summed E-state index contributed by atoms with van der Waals surface area (Å²) >= 11 is 0. The fourth-order valence-electron chi connectivity index (χ4n) is 1.37. The standard InChI is InChI=1S/C8H18N2/c1-8(2)5-4-7(9-3)10-6-8/h7,9-10H,4-6H2,1-3H3. The van der Waals surface area contributed by atoms with Crippen LogP contribution in [0.1, 0.15) is 26.7 Å². The van der Waals surface area contributed by atoms with Crippen LogP contribution in [-0.2, 0) is 0 Å². The molecular formula is C8H18N2. The third-order valence-corrected chi connectivity index (χ3v) is 2.29. The van der Waals surface area contributed by atoms with Crippen molar-refractivity contribution in [1.29, 1.82) is 0 Å². The van der Waals surface area contributed by atoms with Gasteiger partial charge in [-0.1, -0.05) is 13.8 Å². The first-order chi connectivity index (χ1) is 4.64. The van der Waals surface area contributed by atoms with E-state index in [0.29, 0.717) is 11.6 Å². The molecule has 2 N–H and O–H groups in total. The second-order valence-corrected chi connectivity index (χ2v) is 3.93. The number of piperidine rings is 1. The number of hydrogen-bond acceptors (Lipinski definition) is 2. The molecule has 60 valence electrons. The highest BCUT2D eigenvalue weighted by Gasteiger charge is 2.24. The summed E-state index contributed by atoms with van der Waals surface area (Å²) in [6.45, 7) is 5.76. The largest absolute Gasteiger partial charge is 0.305 e. The molecule has 1 atom stereocenters. The Morgan fingerprint density at radius 1 is 1.50 bits per heavy atom. The number of hydrogen-bond donors (Lipinski definition) is 2. The maximum atomic E-state index is 3.45. The Hall–Kier alpha value is -0.0800. The summed E-state index contributed by atoms with van der Waals surface area (Å²) < 4.78 is 0. The van der Waals surface area contributed by atoms with Crippen LogP contribution in [0, 0.1) is 5.41 Å². The van der Waals surface area contributed by atoms with Gasteiger partial charge in [0.2, 0.25) is 0 Å². The monoisotopic (exact) mass is 142 g/mol. The van der Waals surface area contributed by atoms with Crippen LogP contribution in [-0.4, -0.2) is 19.8 Å². The van der Waals surface area contributed by atoms with Crippen LogP contribution in [0.3, 0.4) is 0 Å². The van der Waals surface area contributed by atoms with Gasteiger partial charge in [0.25, 0.3) is 0 Å². The smallest absolute Gasteiger partial charge is 0.0569 e. The van der Waals surface area contributed by atoms with Gasteiger partial charge in [0.15, 0.2) is 0 Å². The molecule has 1 aliphatic heterocycles. The van der Waals surface area contributed by atoms with E-state index in [1.54, 1.807) is 0 Å². The maximum Gasteiger partial charge on any atom is 0.0569 e. The zero-order valence-corrected chi connectivity index (χ0v) is 7.20. The van der Waals surface area contributed by atoms with Crippen LogP contribution in [0.25, 0.3) is 0 Å². The van der Waals surface area contributed by atoms with Crippen molar-refractivity contribution in [3.05, 3.63) is 0 Å². The highest BCUT2D eigenvalue weighted by molar-refractivity contribution is 4.81. The molecule has 1 saturated heterocycles. The van der Waals surface area contributed by atoms with Gasteiger partial charge in [0.1, 0.15) is 0 Å². The normalized spacial score (nSPS) is 32.1. The molecule has 0 aliphatic carbocycles. The van der Waals surface area contributed by atoms with Crippen molar-refractivity contribution in [1.82, 2.24) is 10.6 Å². The third kappa shape index (κ3) is 1.96. The first-order valence-electron chi connectivity index (χ1n) is 4.05. The minimum absolute atomic E-state index is 0.507. The van der Waals surface area contributed by atoms with Crippen LogP contribution in [0.15, 0.2) is 0 Å². The molecule has 10 heavy (non-hydrogen) atoms. The number of rotatable bonds is 1. The van der Waals surface area contributed by atoms with Gasteiger partial charge in [-0.15, -0.1) is 0 Å². The van der Waals surface area contributed by atoms with Gasteiger partial charge in [-0.3, -0.25) is 0 Å². The molecule has 1 unspecified atom stereocenters. The summed E-state index contributed by atoms with van der Waals surface area (Å²) in [5, 5.41) is 6.68. The molecule has 1 heterocycles. The van der Waals surface area contributed by atoms with E-state index in [4.69, 9.17) is 0 Å². The summed E-state index contributed by atoms with van der Waals surface area (Å²) in [6, 6.07) is 0. The van der Waals surface area contributed by atoms with Gasteiger partial charge in [-0.25, -0.2) is 0 Å². The van der Waals surface area contributed by atoms with Crippen molar-refractivity contribution in [3.63, 3.8) is 0 Å². The van der Waals surface area contributed by atoms with Crippen LogP contribution < -0.4 is 10.6 Å². The van der Waals surface area contributed by atoms with E-state index in [1.165, 1.54) is 12.8 Å². The van der Waals surface area contributed by atoms with E-state index in [-0.39, 0.29) is 0 Å². The Bertz CT molecular complexity index is 99.8. The predicted octanol–water partition coefficient (Wildman–Crippen LogP) is 0.941. The van der Waals surface area contributed by atoms with E-state index < -0.39 is 0 Å². The molecule has 2 heteroatoms. The SMILES string of the molecule is CNC1CCC(C)(C)CN1. The Morgan fingerprint density at radius 2 is 2.20 bits per heavy atom. The summed E-state index contributed by atoms with van der Waals surface area (Å²) in [5.74, 6) is 0. The first-order valence-corrected chi connectivity index (χ1v) is 4.05. The first kappa shape index (κ1) is 8.02. The zero-order chi connectivity index (χ0) is 7.61. The molecule has 0 aromatic carbocycles. The summed E-state index contributed by atoms with van der Waals surface area (Å²) in [5.41, 5.74) is 0.507. The van der Waals surface area contributed by atoms with Crippen molar-refractivity contribution in [3.8, 4) is 0 Å². The molecule has 0 aromatic rings. The Balaban J connectivity index is 2.31. The van der Waals surface area contributed by atoms with Gasteiger partial charge in [0.05, 0.1) is 6.17 Å². The summed E-state index contributed by atoms with van der Waals surface area (Å²) in [7, 11) is 2.01. The topological polar surface area (TPSA) is 24.1 Å². The van der Waals surface area contributed by atoms with E-state index in [9.17, 15) is 0 Å². The average molecular weight is 142 g/mol. The molecule has 0 amide bonds. The molecular weight excluding hydrogens is 124 g/mol. The van der Waals surface area contributed by atoms with Crippen LogP contribution in [0.2, 0.25) is 0 Å². The summed E-state index contributed by atoms with van der Waals surface area (Å²) in [4.78, 5) is 0. The van der Waals surface area contributed by atoms with E-state index in [2.05, 4.69) is 24.5 Å². The lowest BCUT2D eigenvalue weighted by atomic mass is 9.84. The predicted molar refractivity (Wildman–Crippen MR) is 43.9 cm³/mol. The maximum absolute atomic E-state index is 3.45. The second-order valence-electron chi connectivity index (χ2n) is 3.93. The highest BCUT2D eigenvalue weighted by atomic mass is 15.1. The highest BCUT2D eigenvalue weighted by Crippen LogP contribution is 2.25. The Kier molecular flexibility index (Phi) is 2.32. The quantitative estimate of drug-likeness (QED) is 0.569. The fourth-order valence-corrected chi connectivity index (χ4v) is 1.37. The van der Waals surface area contributed by atoms with Crippen LogP contribution in [0.5, 0.6) is 0 Å². The average Bonchev–Trinajstić information content (AvgIpc) is 1.88. The molecule has 0 saturated carbocycles. The Labute approximate surface area is 63.4 Å². The summed E-state index contributed by atoms with van der Waals surface area (Å²) in [6.07, 6.45) is 3.13. The van der Waals surface area contributed by atoms with Crippen molar-refractivity contribution >= 4 is 0 Å². The molecule has 0 radical (unpaired) electrons. The molecule has 2 nitrogen and oxygen atoms in total. The lowest BCUT2D eigenvalue weighted by molar-refractivity contribution is 0.208. The third-order valence-electron chi connectivity index (χ3n) is 2.29. The van der Waals surface area contributed by atoms with E-state index >= 15 is 0 Å². The van der Waals surface area contributed by atoms with Gasteiger partial charge < -0.3 is 10.6 Å².